The topological polar surface area (TPSA) is 67.2 Å². The molecule has 5 nitrogen and oxygen atoms in total. The van der Waals surface area contributed by atoms with Crippen molar-refractivity contribution in [1.29, 1.82) is 0 Å². The lowest BCUT2D eigenvalue weighted by Crippen LogP contribution is -2.35. The second-order valence-corrected chi connectivity index (χ2v) is 5.43. The van der Waals surface area contributed by atoms with Crippen LogP contribution < -0.4 is 5.32 Å². The van der Waals surface area contributed by atoms with E-state index in [1.807, 2.05) is 42.7 Å². The molecule has 0 aliphatic carbocycles. The highest BCUT2D eigenvalue weighted by Crippen LogP contribution is 2.12. The van der Waals surface area contributed by atoms with Crippen LogP contribution in [0.25, 0.3) is 11.0 Å². The summed E-state index contributed by atoms with van der Waals surface area (Å²) in [6, 6.07) is 7.85. The first kappa shape index (κ1) is 15.5. The number of aliphatic hydroxyl groups is 1. The Balaban J connectivity index is 1.81. The average molecular weight is 289 g/mol. The molecule has 0 aliphatic rings. The summed E-state index contributed by atoms with van der Waals surface area (Å²) < 4.78 is 1.97. The number of aryl methyl sites for hydroxylation is 1. The maximum Gasteiger partial charge on any atom is 0.221 e. The van der Waals surface area contributed by atoms with Crippen LogP contribution in [0.2, 0.25) is 0 Å². The van der Waals surface area contributed by atoms with Crippen molar-refractivity contribution in [2.45, 2.75) is 39.3 Å². The van der Waals surface area contributed by atoms with Crippen molar-refractivity contribution in [3.8, 4) is 0 Å². The quantitative estimate of drug-likeness (QED) is 0.818. The van der Waals surface area contributed by atoms with Gasteiger partial charge < -0.3 is 15.0 Å². The van der Waals surface area contributed by atoms with Crippen LogP contribution in [0.5, 0.6) is 0 Å². The third-order valence-corrected chi connectivity index (χ3v) is 3.92. The Labute approximate surface area is 125 Å². The van der Waals surface area contributed by atoms with E-state index >= 15 is 0 Å². The van der Waals surface area contributed by atoms with Gasteiger partial charge in [0.25, 0.3) is 0 Å². The first-order valence-electron chi connectivity index (χ1n) is 7.46. The number of rotatable bonds is 7. The third kappa shape index (κ3) is 4.04. The highest BCUT2D eigenvalue weighted by atomic mass is 16.3. The highest BCUT2D eigenvalue weighted by molar-refractivity contribution is 5.77. The summed E-state index contributed by atoms with van der Waals surface area (Å²) in [5, 5.41) is 12.6. The number of nitrogens with one attached hydrogen (secondary N) is 1. The van der Waals surface area contributed by atoms with Gasteiger partial charge in [0.05, 0.1) is 23.5 Å². The Kier molecular flexibility index (Phi) is 5.33. The Bertz CT molecular complexity index is 594. The molecule has 114 valence electrons. The van der Waals surface area contributed by atoms with Gasteiger partial charge in [-0.15, -0.1) is 0 Å². The van der Waals surface area contributed by atoms with Gasteiger partial charge in [-0.1, -0.05) is 32.4 Å². The molecule has 0 saturated carbocycles. The van der Waals surface area contributed by atoms with Crippen LogP contribution in [0, 0.1) is 5.92 Å². The molecule has 0 radical (unpaired) electrons. The van der Waals surface area contributed by atoms with Gasteiger partial charge >= 0.3 is 0 Å². The van der Waals surface area contributed by atoms with E-state index in [1.54, 1.807) is 6.33 Å². The van der Waals surface area contributed by atoms with E-state index in [4.69, 9.17) is 0 Å². The standard InChI is InChI=1S/C16H23N3O2/c1-3-12(2)15(20)10-17-16(21)8-9-19-11-18-13-6-4-5-7-14(13)19/h4-7,11-12,15,20H,3,8-10H2,1-2H3,(H,17,21). The second kappa shape index (κ2) is 7.22. The maximum atomic E-state index is 11.8. The van der Waals surface area contributed by atoms with E-state index in [2.05, 4.69) is 10.3 Å². The second-order valence-electron chi connectivity index (χ2n) is 5.43. The molecular weight excluding hydrogens is 266 g/mol. The number of para-hydroxylation sites is 2. The van der Waals surface area contributed by atoms with Crippen LogP contribution >= 0.6 is 0 Å². The molecule has 0 bridgehead atoms. The summed E-state index contributed by atoms with van der Waals surface area (Å²) in [7, 11) is 0. The average Bonchev–Trinajstić information content (AvgIpc) is 2.93. The molecule has 2 N–H and O–H groups in total. The molecule has 2 unspecified atom stereocenters. The number of hydrogen-bond donors (Lipinski definition) is 2. The Morgan fingerprint density at radius 2 is 2.19 bits per heavy atom. The summed E-state index contributed by atoms with van der Waals surface area (Å²) in [5.41, 5.74) is 1.97. The molecule has 2 atom stereocenters. The van der Waals surface area contributed by atoms with Crippen LogP contribution in [-0.4, -0.2) is 33.2 Å². The van der Waals surface area contributed by atoms with Crippen molar-refractivity contribution >= 4 is 16.9 Å². The summed E-state index contributed by atoms with van der Waals surface area (Å²) in [5.74, 6) is 0.151. The van der Waals surface area contributed by atoms with Gasteiger partial charge in [-0.05, 0) is 18.1 Å². The van der Waals surface area contributed by atoms with E-state index in [9.17, 15) is 9.90 Å². The number of aliphatic hydroxyl groups excluding tert-OH is 1. The monoisotopic (exact) mass is 289 g/mol. The molecule has 2 aromatic rings. The summed E-state index contributed by atoms with van der Waals surface area (Å²) in [6.45, 7) is 4.92. The number of hydrogen-bond acceptors (Lipinski definition) is 3. The number of aromatic nitrogens is 2. The minimum Gasteiger partial charge on any atom is -0.391 e. The SMILES string of the molecule is CCC(C)C(O)CNC(=O)CCn1cnc2ccccc21. The summed E-state index contributed by atoms with van der Waals surface area (Å²) in [6.07, 6.45) is 2.56. The maximum absolute atomic E-state index is 11.8. The van der Waals surface area contributed by atoms with Crippen molar-refractivity contribution in [3.05, 3.63) is 30.6 Å². The minimum absolute atomic E-state index is 0.0462. The molecule has 21 heavy (non-hydrogen) atoms. The Morgan fingerprint density at radius 1 is 1.43 bits per heavy atom. The molecule has 5 heteroatoms. The van der Waals surface area contributed by atoms with Crippen LogP contribution in [0.3, 0.4) is 0 Å². The fraction of sp³-hybridized carbons (Fsp3) is 0.500. The van der Waals surface area contributed by atoms with E-state index < -0.39 is 6.10 Å². The number of carbonyl (C=O) groups excluding carboxylic acids is 1. The van der Waals surface area contributed by atoms with Gasteiger partial charge in [-0.2, -0.15) is 0 Å². The lowest BCUT2D eigenvalue weighted by Gasteiger charge is -2.17. The fourth-order valence-corrected chi connectivity index (χ4v) is 2.19. The molecule has 1 amide bonds. The largest absolute Gasteiger partial charge is 0.391 e. The Morgan fingerprint density at radius 3 is 2.95 bits per heavy atom. The number of fused-ring (bicyclic) bond motifs is 1. The number of carbonyl (C=O) groups is 1. The van der Waals surface area contributed by atoms with Crippen molar-refractivity contribution in [3.63, 3.8) is 0 Å². The third-order valence-electron chi connectivity index (χ3n) is 3.92. The summed E-state index contributed by atoms with van der Waals surface area (Å²) in [4.78, 5) is 16.1. The van der Waals surface area contributed by atoms with Crippen LogP contribution in [0.15, 0.2) is 30.6 Å². The van der Waals surface area contributed by atoms with E-state index in [0.29, 0.717) is 19.5 Å². The molecule has 0 saturated heterocycles. The first-order chi connectivity index (χ1) is 10.1. The van der Waals surface area contributed by atoms with Crippen molar-refractivity contribution < 1.29 is 9.90 Å². The van der Waals surface area contributed by atoms with Gasteiger partial charge in [0.2, 0.25) is 5.91 Å². The van der Waals surface area contributed by atoms with Gasteiger partial charge in [-0.25, -0.2) is 4.98 Å². The van der Waals surface area contributed by atoms with Crippen LogP contribution in [-0.2, 0) is 11.3 Å². The van der Waals surface area contributed by atoms with Crippen molar-refractivity contribution in [2.75, 3.05) is 6.54 Å². The van der Waals surface area contributed by atoms with Gasteiger partial charge in [-0.3, -0.25) is 4.79 Å². The van der Waals surface area contributed by atoms with Gasteiger partial charge in [0, 0.05) is 19.5 Å². The van der Waals surface area contributed by atoms with E-state index in [0.717, 1.165) is 17.5 Å². The zero-order valence-corrected chi connectivity index (χ0v) is 12.6. The molecule has 0 fully saturated rings. The smallest absolute Gasteiger partial charge is 0.221 e. The van der Waals surface area contributed by atoms with Crippen molar-refractivity contribution in [1.82, 2.24) is 14.9 Å². The van der Waals surface area contributed by atoms with E-state index in [-0.39, 0.29) is 11.8 Å². The molecule has 1 heterocycles. The van der Waals surface area contributed by atoms with Gasteiger partial charge in [0.15, 0.2) is 0 Å². The molecule has 2 rings (SSSR count). The number of amides is 1. The molecule has 1 aromatic heterocycles. The predicted octanol–water partition coefficient (Wildman–Crippen LogP) is 1.95. The van der Waals surface area contributed by atoms with Crippen LogP contribution in [0.1, 0.15) is 26.7 Å². The molecule has 0 aliphatic heterocycles. The first-order valence-corrected chi connectivity index (χ1v) is 7.46. The zero-order chi connectivity index (χ0) is 15.2. The normalized spacial score (nSPS) is 14.0. The van der Waals surface area contributed by atoms with Gasteiger partial charge in [0.1, 0.15) is 0 Å². The fourth-order valence-electron chi connectivity index (χ4n) is 2.19. The lowest BCUT2D eigenvalue weighted by molar-refractivity contribution is -0.121. The molecule has 0 spiro atoms. The summed E-state index contributed by atoms with van der Waals surface area (Å²) >= 11 is 0. The number of imidazole rings is 1. The Hall–Kier alpha value is -1.88. The molecule has 1 aromatic carbocycles. The lowest BCUT2D eigenvalue weighted by atomic mass is 10.0. The van der Waals surface area contributed by atoms with Crippen LogP contribution in [0.4, 0.5) is 0 Å². The number of benzene rings is 1. The highest BCUT2D eigenvalue weighted by Gasteiger charge is 2.13. The number of nitrogens with zero attached hydrogens (tertiary/aromatic N) is 2. The molecular formula is C16H23N3O2. The van der Waals surface area contributed by atoms with E-state index in [1.165, 1.54) is 0 Å². The van der Waals surface area contributed by atoms with Crippen molar-refractivity contribution in [2.24, 2.45) is 5.92 Å². The predicted molar refractivity (Wildman–Crippen MR) is 82.8 cm³/mol. The minimum atomic E-state index is -0.479. The zero-order valence-electron chi connectivity index (χ0n) is 12.6.